The van der Waals surface area contributed by atoms with E-state index in [0.717, 1.165) is 0 Å². The van der Waals surface area contributed by atoms with Gasteiger partial charge in [-0.05, 0) is 93.4 Å². The van der Waals surface area contributed by atoms with E-state index in [1.807, 2.05) is 120 Å². The molecule has 0 aliphatic heterocycles. The van der Waals surface area contributed by atoms with Crippen LogP contribution in [0.2, 0.25) is 0 Å². The van der Waals surface area contributed by atoms with E-state index < -0.39 is 0 Å². The standard InChI is InChI=1S/C22H27N2.C18H24N.C16H23N2.C10H16N.C7H10N.C6H8N.C4H6NO.C4H6NS/c1-16(2)19-12-9-13-20(17(3)4)21(19)24-15-14-23(5)22(24)18-10-7-6-8-11-18;1-13(2)16-7-6-8-17(14(3)4)18(16)15-9-11-19(5)12-10-15;1-12(2)14-7-6-8-15(13(3)4)16(14)18-10-9-17(5)11-18;1-10(2,3)9-5-7-11(4)8-6-9;1-7-3-5-8(2)6-4-7;1-7-5-3-2-4-6-7;2*1-5-2-3-6-4-5/h6-17H,1-5H3;6-14H,1-5H3;6-13H,1-5H3;5-8H,1-4H3;3-6H,1-2H3;2-6H,1H3;2*2-4H,1H3/q8*+1. The minimum Gasteiger partial charge on any atom is -0.412 e. The maximum absolute atomic E-state index is 4.68. The second kappa shape index (κ2) is 40.0. The van der Waals surface area contributed by atoms with Crippen LogP contribution < -0.4 is 36.5 Å². The van der Waals surface area contributed by atoms with Gasteiger partial charge in [0.15, 0.2) is 62.0 Å². The Hall–Kier alpha value is -9.26. The lowest BCUT2D eigenvalue weighted by atomic mass is 9.85. The number of nitrogens with zero attached hydrogens (tertiary/aromatic N) is 10. The molecule has 0 amide bonds. The fourth-order valence-corrected chi connectivity index (χ4v) is 11.6. The van der Waals surface area contributed by atoms with Gasteiger partial charge in [0.05, 0.1) is 25.0 Å². The summed E-state index contributed by atoms with van der Waals surface area (Å²) in [7, 11) is 16.2. The molecule has 522 valence electrons. The SMILES string of the molecule is CC(C)c1cccc(C(C)C)c1-c1cc[n+](C)cc1.CC(C)c1cccc(C(C)C)c1-n1cc[n+](C)c1.CC(C)c1cccc(C(C)C)c1-n1cc[n+](C)c1-c1ccccc1.C[n+]1ccc(C(C)(C)C)cc1.C[n+]1ccccc1.C[n+]1ccoc1.C[n+]1ccsc1.Cc1cc[n+](C)cc1. The number of benzene rings is 4. The van der Waals surface area contributed by atoms with Crippen LogP contribution in [-0.4, -0.2) is 9.13 Å². The molecule has 12 heteroatoms. The predicted octanol–water partition coefficient (Wildman–Crippen LogP) is 17.0. The lowest BCUT2D eigenvalue weighted by molar-refractivity contribution is -0.674. The summed E-state index contributed by atoms with van der Waals surface area (Å²) in [6.07, 6.45) is 34.3. The number of oxazole rings is 1. The van der Waals surface area contributed by atoms with Crippen molar-refractivity contribution in [3.05, 3.63) is 301 Å². The summed E-state index contributed by atoms with van der Waals surface area (Å²) in [5.74, 6) is 4.33. The van der Waals surface area contributed by atoms with Gasteiger partial charge in [-0.1, -0.05) is 194 Å². The Bertz CT molecular complexity index is 4060. The first-order chi connectivity index (χ1) is 47.0. The van der Waals surface area contributed by atoms with Crippen molar-refractivity contribution in [1.82, 2.24) is 9.13 Å². The van der Waals surface area contributed by atoms with Gasteiger partial charge in [0, 0.05) is 70.8 Å². The minimum absolute atomic E-state index is 0.272. The third-order valence-electron chi connectivity index (χ3n) is 16.7. The quantitative estimate of drug-likeness (QED) is 0.126. The van der Waals surface area contributed by atoms with Crippen molar-refractivity contribution in [2.45, 2.75) is 152 Å². The molecule has 0 unspecified atom stereocenters. The Morgan fingerprint density at radius 3 is 1.15 bits per heavy atom. The summed E-state index contributed by atoms with van der Waals surface area (Å²) in [5, 5.41) is 2.04. The molecule has 0 saturated carbocycles. The maximum Gasteiger partial charge on any atom is 0.334 e. The van der Waals surface area contributed by atoms with Crippen LogP contribution in [0.5, 0.6) is 0 Å². The molecule has 12 aromatic rings. The Kier molecular flexibility index (Phi) is 32.5. The molecule has 0 atom stereocenters. The van der Waals surface area contributed by atoms with E-state index in [4.69, 9.17) is 0 Å². The summed E-state index contributed by atoms with van der Waals surface area (Å²) in [6, 6.07) is 49.7. The molecular formula is C87H120N10OS+8. The largest absolute Gasteiger partial charge is 0.412 e. The van der Waals surface area contributed by atoms with Crippen LogP contribution in [-0.2, 0) is 61.8 Å². The number of thiazole rings is 1. The van der Waals surface area contributed by atoms with Crippen molar-refractivity contribution in [3.8, 4) is 33.9 Å². The third-order valence-corrected chi connectivity index (χ3v) is 17.4. The van der Waals surface area contributed by atoms with Gasteiger partial charge in [-0.25, -0.2) is 32.0 Å². The van der Waals surface area contributed by atoms with Gasteiger partial charge in [0.1, 0.15) is 78.4 Å². The zero-order valence-corrected chi connectivity index (χ0v) is 65.3. The number of aryl methyl sites for hydroxylation is 9. The number of para-hydroxylation sites is 2. The van der Waals surface area contributed by atoms with Gasteiger partial charge in [0.25, 0.3) is 5.82 Å². The Labute approximate surface area is 600 Å². The summed E-state index contributed by atoms with van der Waals surface area (Å²) in [4.78, 5) is 0. The van der Waals surface area contributed by atoms with Crippen molar-refractivity contribution in [2.24, 2.45) is 56.4 Å². The molecule has 0 fully saturated rings. The molecule has 0 aliphatic carbocycles. The van der Waals surface area contributed by atoms with Crippen molar-refractivity contribution in [1.29, 1.82) is 0 Å². The summed E-state index contributed by atoms with van der Waals surface area (Å²) in [6.45, 7) is 36.0. The molecule has 8 heterocycles. The van der Waals surface area contributed by atoms with Crippen molar-refractivity contribution in [2.75, 3.05) is 0 Å². The fourth-order valence-electron chi connectivity index (χ4n) is 11.0. The normalized spacial score (nSPS) is 10.8. The van der Waals surface area contributed by atoms with Gasteiger partial charge < -0.3 is 4.42 Å². The van der Waals surface area contributed by atoms with Crippen LogP contribution in [0.1, 0.15) is 184 Å². The van der Waals surface area contributed by atoms with Crippen molar-refractivity contribution < 1.29 is 41.0 Å². The Balaban J connectivity index is 0.000000214. The molecular weight excluding hydrogens is 1230 g/mol. The first kappa shape index (κ1) is 80.4. The van der Waals surface area contributed by atoms with Gasteiger partial charge >= 0.3 is 6.39 Å². The average Bonchev–Trinajstić information content (AvgIpc) is 1.77. The fraction of sp³-hybridized carbons (Fsp3) is 0.356. The molecule has 0 spiro atoms. The van der Waals surface area contributed by atoms with Gasteiger partial charge in [-0.3, -0.25) is 0 Å². The number of aromatic nitrogens is 10. The highest BCUT2D eigenvalue weighted by molar-refractivity contribution is 7.07. The van der Waals surface area contributed by atoms with E-state index in [1.54, 1.807) is 24.0 Å². The number of hydrogen-bond acceptors (Lipinski definition) is 2. The van der Waals surface area contributed by atoms with Gasteiger partial charge in [-0.15, -0.1) is 0 Å². The summed E-state index contributed by atoms with van der Waals surface area (Å²) >= 11 is 1.70. The zero-order valence-electron chi connectivity index (χ0n) is 64.5. The van der Waals surface area contributed by atoms with Gasteiger partial charge in [0.2, 0.25) is 18.0 Å². The first-order valence-corrected chi connectivity index (χ1v) is 36.0. The second-order valence-corrected chi connectivity index (χ2v) is 29.2. The highest BCUT2D eigenvalue weighted by Gasteiger charge is 2.26. The van der Waals surface area contributed by atoms with E-state index in [-0.39, 0.29) is 5.41 Å². The maximum atomic E-state index is 4.68. The van der Waals surface area contributed by atoms with Crippen molar-refractivity contribution >= 4 is 11.3 Å². The van der Waals surface area contributed by atoms with Crippen LogP contribution in [0.4, 0.5) is 0 Å². The van der Waals surface area contributed by atoms with E-state index in [2.05, 4.69) is 341 Å². The molecule has 12 rings (SSSR count). The lowest BCUT2D eigenvalue weighted by Crippen LogP contribution is -2.29. The minimum atomic E-state index is 0.272. The smallest absolute Gasteiger partial charge is 0.334 e. The van der Waals surface area contributed by atoms with Crippen molar-refractivity contribution in [3.63, 3.8) is 0 Å². The van der Waals surface area contributed by atoms with Gasteiger partial charge in [-0.2, -0.15) is 13.7 Å². The highest BCUT2D eigenvalue weighted by atomic mass is 32.1. The van der Waals surface area contributed by atoms with E-state index in [9.17, 15) is 0 Å². The predicted molar refractivity (Wildman–Crippen MR) is 409 cm³/mol. The summed E-state index contributed by atoms with van der Waals surface area (Å²) < 4.78 is 25.6. The van der Waals surface area contributed by atoms with E-state index >= 15 is 0 Å². The molecule has 4 aromatic carbocycles. The molecule has 99 heavy (non-hydrogen) atoms. The number of pyridine rings is 4. The van der Waals surface area contributed by atoms with Crippen LogP contribution in [0, 0.1) is 6.92 Å². The molecule has 0 N–H and O–H groups in total. The van der Waals surface area contributed by atoms with Crippen LogP contribution >= 0.6 is 11.3 Å². The lowest BCUT2D eigenvalue weighted by Gasteiger charge is -2.19. The Morgan fingerprint density at radius 1 is 0.374 bits per heavy atom. The van der Waals surface area contributed by atoms with Crippen LogP contribution in [0.25, 0.3) is 33.9 Å². The third kappa shape index (κ3) is 25.8. The monoisotopic (exact) mass is 1350 g/mol. The number of hydrogen-bond donors (Lipinski definition) is 0. The molecule has 0 radical (unpaired) electrons. The molecule has 8 aromatic heterocycles. The van der Waals surface area contributed by atoms with Crippen LogP contribution in [0.3, 0.4) is 0 Å². The molecule has 0 bridgehead atoms. The average molecular weight is 1350 g/mol. The second-order valence-electron chi connectivity index (χ2n) is 28.5. The number of rotatable bonds is 10. The zero-order chi connectivity index (χ0) is 72.9. The van der Waals surface area contributed by atoms with E-state index in [1.165, 1.54) is 78.4 Å². The highest BCUT2D eigenvalue weighted by Crippen LogP contribution is 2.37. The first-order valence-electron chi connectivity index (χ1n) is 35.0. The number of imidazole rings is 2. The summed E-state index contributed by atoms with van der Waals surface area (Å²) in [5.41, 5.74) is 20.2. The molecule has 11 nitrogen and oxygen atoms in total. The topological polar surface area (TPSA) is 54.0 Å². The van der Waals surface area contributed by atoms with E-state index in [0.29, 0.717) is 35.5 Å². The molecule has 0 aliphatic rings. The Morgan fingerprint density at radius 2 is 0.808 bits per heavy atom. The molecule has 0 saturated heterocycles. The van der Waals surface area contributed by atoms with Crippen LogP contribution in [0.15, 0.2) is 261 Å².